The average molecular weight is 165 g/mol. The van der Waals surface area contributed by atoms with Crippen LogP contribution in [-0.2, 0) is 4.79 Å². The van der Waals surface area contributed by atoms with Gasteiger partial charge in [-0.15, -0.1) is 0 Å². The molecule has 0 atom stereocenters. The molecule has 2 heteroatoms. The van der Waals surface area contributed by atoms with Crippen LogP contribution in [0.1, 0.15) is 39.0 Å². The molecule has 2 bridgehead atoms. The Balaban J connectivity index is 1.63. The quantitative estimate of drug-likeness (QED) is 0.659. The van der Waals surface area contributed by atoms with Gasteiger partial charge in [0.25, 0.3) is 0 Å². The Bertz CT molecular complexity index is 235. The fraction of sp³-hybridized carbons (Fsp3) is 0.900. The number of hydrogen-bond donors (Lipinski definition) is 1. The van der Waals surface area contributed by atoms with Gasteiger partial charge in [0.15, 0.2) is 0 Å². The predicted octanol–water partition coefficient (Wildman–Crippen LogP) is 1.46. The molecule has 0 radical (unpaired) electrons. The van der Waals surface area contributed by atoms with Crippen molar-refractivity contribution in [1.82, 2.24) is 5.32 Å². The molecule has 0 aromatic heterocycles. The van der Waals surface area contributed by atoms with E-state index in [-0.39, 0.29) is 11.4 Å². The highest BCUT2D eigenvalue weighted by Crippen LogP contribution is 2.75. The molecule has 66 valence electrons. The lowest BCUT2D eigenvalue weighted by atomic mass is 9.37. The second kappa shape index (κ2) is 1.70. The molecule has 2 nitrogen and oxygen atoms in total. The fourth-order valence-corrected chi connectivity index (χ4v) is 3.50. The first-order valence-corrected chi connectivity index (χ1v) is 4.93. The first-order valence-electron chi connectivity index (χ1n) is 4.93. The van der Waals surface area contributed by atoms with Crippen LogP contribution in [0.15, 0.2) is 0 Å². The number of hydrogen-bond acceptors (Lipinski definition) is 1. The summed E-state index contributed by atoms with van der Waals surface area (Å²) in [6.45, 7) is 1.63. The third kappa shape index (κ3) is 0.686. The molecule has 4 saturated carbocycles. The van der Waals surface area contributed by atoms with E-state index in [0.717, 1.165) is 5.92 Å². The second-order valence-electron chi connectivity index (χ2n) is 5.13. The van der Waals surface area contributed by atoms with Gasteiger partial charge in [0.1, 0.15) is 0 Å². The average Bonchev–Trinajstić information content (AvgIpc) is 2.54. The standard InChI is InChI=1S/C10H15NO/c1-7(12)11-10-4-9(5-10,6-10)8-2-3-8/h8H,2-6H2,1H3,(H,11,12). The van der Waals surface area contributed by atoms with Gasteiger partial charge in [-0.3, -0.25) is 4.79 Å². The predicted molar refractivity (Wildman–Crippen MR) is 45.6 cm³/mol. The topological polar surface area (TPSA) is 29.1 Å². The Hall–Kier alpha value is -0.530. The molecule has 0 heterocycles. The maximum atomic E-state index is 10.9. The van der Waals surface area contributed by atoms with E-state index in [1.807, 2.05) is 0 Å². The van der Waals surface area contributed by atoms with E-state index < -0.39 is 0 Å². The largest absolute Gasteiger partial charge is 0.351 e. The molecule has 4 rings (SSSR count). The Kier molecular flexibility index (Phi) is 0.984. The molecule has 0 aromatic rings. The van der Waals surface area contributed by atoms with Gasteiger partial charge in [-0.05, 0) is 43.4 Å². The summed E-state index contributed by atoms with van der Waals surface area (Å²) in [5.41, 5.74) is 0.983. The minimum absolute atomic E-state index is 0.152. The molecular weight excluding hydrogens is 150 g/mol. The molecule has 0 unspecified atom stereocenters. The Labute approximate surface area is 72.7 Å². The molecular formula is C10H15NO. The van der Waals surface area contributed by atoms with E-state index in [2.05, 4.69) is 5.32 Å². The number of carbonyl (C=O) groups excluding carboxylic acids is 1. The Morgan fingerprint density at radius 3 is 2.33 bits per heavy atom. The van der Waals surface area contributed by atoms with Gasteiger partial charge >= 0.3 is 0 Å². The van der Waals surface area contributed by atoms with Gasteiger partial charge in [-0.1, -0.05) is 0 Å². The maximum absolute atomic E-state index is 10.9. The monoisotopic (exact) mass is 165 g/mol. The van der Waals surface area contributed by atoms with Crippen LogP contribution >= 0.6 is 0 Å². The Morgan fingerprint density at radius 2 is 1.92 bits per heavy atom. The lowest BCUT2D eigenvalue weighted by Crippen LogP contribution is -2.75. The molecule has 1 N–H and O–H groups in total. The van der Waals surface area contributed by atoms with Crippen molar-refractivity contribution >= 4 is 5.91 Å². The summed E-state index contributed by atoms with van der Waals surface area (Å²) in [6, 6.07) is 0. The summed E-state index contributed by atoms with van der Waals surface area (Å²) in [4.78, 5) is 10.9. The summed E-state index contributed by atoms with van der Waals surface area (Å²) in [5.74, 6) is 1.19. The molecule has 0 saturated heterocycles. The van der Waals surface area contributed by atoms with Gasteiger partial charge in [-0.2, -0.15) is 0 Å². The minimum atomic E-state index is 0.152. The molecule has 4 aliphatic carbocycles. The van der Waals surface area contributed by atoms with Crippen LogP contribution in [0.5, 0.6) is 0 Å². The number of carbonyl (C=O) groups is 1. The van der Waals surface area contributed by atoms with Crippen LogP contribution in [0.2, 0.25) is 0 Å². The summed E-state index contributed by atoms with van der Waals surface area (Å²) in [6.07, 6.45) is 6.76. The SMILES string of the molecule is CC(=O)NC12CC(C3CC3)(C1)C2. The minimum Gasteiger partial charge on any atom is -0.351 e. The van der Waals surface area contributed by atoms with Crippen molar-refractivity contribution in [2.24, 2.45) is 11.3 Å². The van der Waals surface area contributed by atoms with Gasteiger partial charge in [0.2, 0.25) is 5.91 Å². The lowest BCUT2D eigenvalue weighted by molar-refractivity contribution is -0.175. The third-order valence-electron chi connectivity index (χ3n) is 3.96. The van der Waals surface area contributed by atoms with Gasteiger partial charge < -0.3 is 5.32 Å². The smallest absolute Gasteiger partial charge is 0.217 e. The fourth-order valence-electron chi connectivity index (χ4n) is 3.50. The molecule has 0 aromatic carbocycles. The molecule has 4 fully saturated rings. The first kappa shape index (κ1) is 6.93. The Morgan fingerprint density at radius 1 is 1.33 bits per heavy atom. The zero-order valence-electron chi connectivity index (χ0n) is 7.52. The van der Waals surface area contributed by atoms with Crippen LogP contribution in [0.25, 0.3) is 0 Å². The summed E-state index contributed by atoms with van der Waals surface area (Å²) >= 11 is 0. The van der Waals surface area contributed by atoms with Crippen molar-refractivity contribution in [2.75, 3.05) is 0 Å². The maximum Gasteiger partial charge on any atom is 0.217 e. The zero-order valence-corrected chi connectivity index (χ0v) is 7.52. The van der Waals surface area contributed by atoms with Crippen molar-refractivity contribution in [2.45, 2.75) is 44.6 Å². The first-order chi connectivity index (χ1) is 5.64. The van der Waals surface area contributed by atoms with Crippen LogP contribution in [0, 0.1) is 11.3 Å². The molecule has 0 spiro atoms. The molecule has 4 aliphatic rings. The van der Waals surface area contributed by atoms with Crippen molar-refractivity contribution in [3.8, 4) is 0 Å². The van der Waals surface area contributed by atoms with Gasteiger partial charge in [0, 0.05) is 12.5 Å². The van der Waals surface area contributed by atoms with Crippen LogP contribution in [0.3, 0.4) is 0 Å². The van der Waals surface area contributed by atoms with E-state index in [9.17, 15) is 4.79 Å². The van der Waals surface area contributed by atoms with Gasteiger partial charge in [-0.25, -0.2) is 0 Å². The number of amides is 1. The number of nitrogens with one attached hydrogen (secondary N) is 1. The summed E-state index contributed by atoms with van der Waals surface area (Å²) < 4.78 is 0. The summed E-state index contributed by atoms with van der Waals surface area (Å²) in [5, 5.41) is 3.09. The normalized spacial score (nSPS) is 49.1. The second-order valence-corrected chi connectivity index (χ2v) is 5.13. The van der Waals surface area contributed by atoms with E-state index >= 15 is 0 Å². The number of rotatable bonds is 2. The van der Waals surface area contributed by atoms with Crippen molar-refractivity contribution in [1.29, 1.82) is 0 Å². The van der Waals surface area contributed by atoms with Crippen LogP contribution < -0.4 is 5.32 Å². The zero-order chi connectivity index (χ0) is 8.40. The van der Waals surface area contributed by atoms with Gasteiger partial charge in [0.05, 0.1) is 0 Å². The van der Waals surface area contributed by atoms with Crippen LogP contribution in [0.4, 0.5) is 0 Å². The van der Waals surface area contributed by atoms with Crippen LogP contribution in [-0.4, -0.2) is 11.4 Å². The highest BCUT2D eigenvalue weighted by molar-refractivity contribution is 5.74. The molecule has 1 amide bonds. The lowest BCUT2D eigenvalue weighted by Gasteiger charge is -2.71. The highest BCUT2D eigenvalue weighted by Gasteiger charge is 2.72. The highest BCUT2D eigenvalue weighted by atomic mass is 16.1. The van der Waals surface area contributed by atoms with Crippen molar-refractivity contribution in [3.05, 3.63) is 0 Å². The summed E-state index contributed by atoms with van der Waals surface area (Å²) in [7, 11) is 0. The van der Waals surface area contributed by atoms with Crippen molar-refractivity contribution < 1.29 is 4.79 Å². The van der Waals surface area contributed by atoms with E-state index in [1.165, 1.54) is 32.1 Å². The van der Waals surface area contributed by atoms with E-state index in [0.29, 0.717) is 5.41 Å². The van der Waals surface area contributed by atoms with E-state index in [1.54, 1.807) is 6.92 Å². The van der Waals surface area contributed by atoms with E-state index in [4.69, 9.17) is 0 Å². The molecule has 12 heavy (non-hydrogen) atoms. The molecule has 0 aliphatic heterocycles. The van der Waals surface area contributed by atoms with Crippen molar-refractivity contribution in [3.63, 3.8) is 0 Å². The third-order valence-corrected chi connectivity index (χ3v) is 3.96.